The van der Waals surface area contributed by atoms with Crippen molar-refractivity contribution < 1.29 is 4.39 Å². The van der Waals surface area contributed by atoms with Crippen LogP contribution in [0.25, 0.3) is 11.3 Å². The SMILES string of the molecule is Cc1nc(C#N)c(-c2ccccc2F)n1C. The number of aromatic nitrogens is 2. The van der Waals surface area contributed by atoms with Gasteiger partial charge in [-0.15, -0.1) is 0 Å². The van der Waals surface area contributed by atoms with Gasteiger partial charge in [-0.25, -0.2) is 9.37 Å². The minimum Gasteiger partial charge on any atom is -0.330 e. The largest absolute Gasteiger partial charge is 0.330 e. The summed E-state index contributed by atoms with van der Waals surface area (Å²) < 4.78 is 15.3. The summed E-state index contributed by atoms with van der Waals surface area (Å²) in [7, 11) is 1.77. The Morgan fingerprint density at radius 3 is 2.69 bits per heavy atom. The predicted octanol–water partition coefficient (Wildman–Crippen LogP) is 2.41. The standard InChI is InChI=1S/C12H10FN3/c1-8-15-11(7-14)12(16(8)2)9-5-3-4-6-10(9)13/h3-6H,1-2H3. The number of halogens is 1. The summed E-state index contributed by atoms with van der Waals surface area (Å²) in [6.45, 7) is 1.78. The molecule has 0 radical (unpaired) electrons. The molecule has 0 aliphatic heterocycles. The maximum Gasteiger partial charge on any atom is 0.166 e. The molecule has 1 aromatic carbocycles. The van der Waals surface area contributed by atoms with Crippen LogP contribution in [0.3, 0.4) is 0 Å². The van der Waals surface area contributed by atoms with Gasteiger partial charge in [-0.05, 0) is 19.1 Å². The number of nitrogens with zero attached hydrogens (tertiary/aromatic N) is 3. The first-order valence-electron chi connectivity index (χ1n) is 4.83. The number of benzene rings is 1. The first kappa shape index (κ1) is 10.4. The molecule has 0 fully saturated rings. The van der Waals surface area contributed by atoms with E-state index in [0.717, 1.165) is 0 Å². The van der Waals surface area contributed by atoms with Crippen molar-refractivity contribution in [2.45, 2.75) is 6.92 Å². The normalized spacial score (nSPS) is 10.1. The van der Waals surface area contributed by atoms with E-state index >= 15 is 0 Å². The van der Waals surface area contributed by atoms with Gasteiger partial charge in [0.1, 0.15) is 17.7 Å². The average molecular weight is 215 g/mol. The second kappa shape index (κ2) is 3.78. The lowest BCUT2D eigenvalue weighted by atomic mass is 10.1. The second-order valence-corrected chi connectivity index (χ2v) is 3.51. The van der Waals surface area contributed by atoms with Gasteiger partial charge in [0.25, 0.3) is 0 Å². The van der Waals surface area contributed by atoms with E-state index in [2.05, 4.69) is 4.98 Å². The average Bonchev–Trinajstić information content (AvgIpc) is 2.56. The fourth-order valence-corrected chi connectivity index (χ4v) is 1.65. The molecule has 0 aliphatic rings. The zero-order valence-electron chi connectivity index (χ0n) is 9.03. The van der Waals surface area contributed by atoms with Gasteiger partial charge in [-0.1, -0.05) is 12.1 Å². The molecular weight excluding hydrogens is 205 g/mol. The van der Waals surface area contributed by atoms with E-state index in [9.17, 15) is 4.39 Å². The van der Waals surface area contributed by atoms with E-state index < -0.39 is 0 Å². The van der Waals surface area contributed by atoms with Crippen LogP contribution in [0.15, 0.2) is 24.3 Å². The maximum absolute atomic E-state index is 13.6. The highest BCUT2D eigenvalue weighted by atomic mass is 19.1. The molecule has 3 nitrogen and oxygen atoms in total. The Hall–Kier alpha value is -2.15. The minimum atomic E-state index is -0.345. The summed E-state index contributed by atoms with van der Waals surface area (Å²) in [5, 5.41) is 8.96. The van der Waals surface area contributed by atoms with Gasteiger partial charge < -0.3 is 4.57 Å². The predicted molar refractivity (Wildman–Crippen MR) is 58.1 cm³/mol. The van der Waals surface area contributed by atoms with Crippen LogP contribution < -0.4 is 0 Å². The molecule has 0 atom stereocenters. The summed E-state index contributed by atoms with van der Waals surface area (Å²) in [6.07, 6.45) is 0. The Morgan fingerprint density at radius 2 is 2.06 bits per heavy atom. The second-order valence-electron chi connectivity index (χ2n) is 3.51. The summed E-state index contributed by atoms with van der Waals surface area (Å²) in [4.78, 5) is 4.08. The molecule has 0 spiro atoms. The van der Waals surface area contributed by atoms with Gasteiger partial charge in [-0.2, -0.15) is 5.26 Å². The molecule has 0 saturated heterocycles. The summed E-state index contributed by atoms with van der Waals surface area (Å²) in [5.74, 6) is 0.344. The van der Waals surface area contributed by atoms with E-state index in [4.69, 9.17) is 5.26 Å². The molecule has 80 valence electrons. The van der Waals surface area contributed by atoms with E-state index in [1.807, 2.05) is 6.07 Å². The third-order valence-corrected chi connectivity index (χ3v) is 2.55. The number of imidazole rings is 1. The maximum atomic E-state index is 13.6. The van der Waals surface area contributed by atoms with Crippen molar-refractivity contribution in [1.82, 2.24) is 9.55 Å². The molecule has 0 aliphatic carbocycles. The quantitative estimate of drug-likeness (QED) is 0.733. The molecular formula is C12H10FN3. The van der Waals surface area contributed by atoms with Crippen LogP contribution >= 0.6 is 0 Å². The number of hydrogen-bond acceptors (Lipinski definition) is 2. The third kappa shape index (κ3) is 1.47. The molecule has 2 rings (SSSR count). The van der Waals surface area contributed by atoms with E-state index in [0.29, 0.717) is 17.1 Å². The fourth-order valence-electron chi connectivity index (χ4n) is 1.65. The molecule has 0 bridgehead atoms. The number of nitriles is 1. The fraction of sp³-hybridized carbons (Fsp3) is 0.167. The molecule has 0 amide bonds. The molecule has 0 N–H and O–H groups in total. The zero-order chi connectivity index (χ0) is 11.7. The van der Waals surface area contributed by atoms with Crippen molar-refractivity contribution in [2.24, 2.45) is 7.05 Å². The lowest BCUT2D eigenvalue weighted by Crippen LogP contribution is -1.96. The molecule has 1 heterocycles. The van der Waals surface area contributed by atoms with Crippen LogP contribution in [0.5, 0.6) is 0 Å². The van der Waals surface area contributed by atoms with Crippen molar-refractivity contribution in [3.05, 3.63) is 41.6 Å². The minimum absolute atomic E-state index is 0.255. The van der Waals surface area contributed by atoms with Crippen LogP contribution in [-0.4, -0.2) is 9.55 Å². The first-order chi connectivity index (χ1) is 7.65. The number of aryl methyl sites for hydroxylation is 1. The lowest BCUT2D eigenvalue weighted by molar-refractivity contribution is 0.629. The van der Waals surface area contributed by atoms with Gasteiger partial charge in [-0.3, -0.25) is 0 Å². The first-order valence-corrected chi connectivity index (χ1v) is 4.83. The Balaban J connectivity index is 2.74. The van der Waals surface area contributed by atoms with Crippen LogP contribution in [0.2, 0.25) is 0 Å². The monoisotopic (exact) mass is 215 g/mol. The van der Waals surface area contributed by atoms with Gasteiger partial charge in [0.05, 0.1) is 5.69 Å². The number of rotatable bonds is 1. The zero-order valence-corrected chi connectivity index (χ0v) is 9.03. The van der Waals surface area contributed by atoms with Crippen molar-refractivity contribution in [3.8, 4) is 17.3 Å². The van der Waals surface area contributed by atoms with Crippen LogP contribution in [0.1, 0.15) is 11.5 Å². The topological polar surface area (TPSA) is 41.6 Å². The molecule has 1 aromatic heterocycles. The Bertz CT molecular complexity index is 578. The number of hydrogen-bond donors (Lipinski definition) is 0. The highest BCUT2D eigenvalue weighted by molar-refractivity contribution is 5.66. The van der Waals surface area contributed by atoms with Crippen LogP contribution in [0, 0.1) is 24.1 Å². The van der Waals surface area contributed by atoms with Crippen LogP contribution in [-0.2, 0) is 7.05 Å². The van der Waals surface area contributed by atoms with Gasteiger partial charge >= 0.3 is 0 Å². The van der Waals surface area contributed by atoms with E-state index in [-0.39, 0.29) is 11.5 Å². The Morgan fingerprint density at radius 1 is 1.38 bits per heavy atom. The highest BCUT2D eigenvalue weighted by Crippen LogP contribution is 2.26. The van der Waals surface area contributed by atoms with Gasteiger partial charge in [0.15, 0.2) is 5.69 Å². The van der Waals surface area contributed by atoms with Crippen molar-refractivity contribution in [3.63, 3.8) is 0 Å². The van der Waals surface area contributed by atoms with Gasteiger partial charge in [0, 0.05) is 12.6 Å². The summed E-state index contributed by atoms with van der Waals surface area (Å²) in [5.41, 5.74) is 1.19. The Kier molecular flexibility index (Phi) is 2.45. The molecule has 16 heavy (non-hydrogen) atoms. The Labute approximate surface area is 92.8 Å². The van der Waals surface area contributed by atoms with Crippen molar-refractivity contribution in [2.75, 3.05) is 0 Å². The summed E-state index contributed by atoms with van der Waals surface area (Å²) >= 11 is 0. The van der Waals surface area contributed by atoms with E-state index in [1.54, 1.807) is 36.7 Å². The third-order valence-electron chi connectivity index (χ3n) is 2.55. The molecule has 0 saturated carbocycles. The molecule has 4 heteroatoms. The molecule has 0 unspecified atom stereocenters. The van der Waals surface area contributed by atoms with E-state index in [1.165, 1.54) is 6.07 Å². The van der Waals surface area contributed by atoms with Gasteiger partial charge in [0.2, 0.25) is 0 Å². The summed E-state index contributed by atoms with van der Waals surface area (Å²) in [6, 6.07) is 8.36. The lowest BCUT2D eigenvalue weighted by Gasteiger charge is -2.05. The van der Waals surface area contributed by atoms with Crippen molar-refractivity contribution >= 4 is 0 Å². The highest BCUT2D eigenvalue weighted by Gasteiger charge is 2.16. The smallest absolute Gasteiger partial charge is 0.166 e. The van der Waals surface area contributed by atoms with Crippen molar-refractivity contribution in [1.29, 1.82) is 5.26 Å². The van der Waals surface area contributed by atoms with Crippen LogP contribution in [0.4, 0.5) is 4.39 Å². The molecule has 2 aromatic rings.